The maximum Gasteiger partial charge on any atom is 0.407 e. The van der Waals surface area contributed by atoms with E-state index in [4.69, 9.17) is 9.88 Å². The fraction of sp³-hybridized carbons (Fsp3) is 0.444. The molecule has 3 rings (SSSR count). The van der Waals surface area contributed by atoms with Gasteiger partial charge in [-0.25, -0.2) is 22.7 Å². The van der Waals surface area contributed by atoms with E-state index >= 15 is 0 Å². The van der Waals surface area contributed by atoms with E-state index in [9.17, 15) is 17.6 Å². The molecule has 1 aromatic carbocycles. The Kier molecular flexibility index (Phi) is 6.08. The molecule has 0 unspecified atom stereocenters. The van der Waals surface area contributed by atoms with Gasteiger partial charge in [0, 0.05) is 23.7 Å². The Bertz CT molecular complexity index is 992. The third kappa shape index (κ3) is 5.45. The van der Waals surface area contributed by atoms with Gasteiger partial charge in [0.15, 0.2) is 5.82 Å². The van der Waals surface area contributed by atoms with Crippen LogP contribution in [0.15, 0.2) is 29.2 Å². The van der Waals surface area contributed by atoms with E-state index in [2.05, 4.69) is 20.8 Å². The van der Waals surface area contributed by atoms with Gasteiger partial charge in [0.1, 0.15) is 11.9 Å². The molecule has 29 heavy (non-hydrogen) atoms. The number of aromatic amines is 1. The van der Waals surface area contributed by atoms with Gasteiger partial charge < -0.3 is 15.4 Å². The van der Waals surface area contributed by atoms with Crippen LogP contribution in [0, 0.1) is 5.82 Å². The number of rotatable bonds is 6. The predicted octanol–water partition coefficient (Wildman–Crippen LogP) is 2.71. The number of H-pyrrole nitrogens is 1. The van der Waals surface area contributed by atoms with Crippen LogP contribution < -0.4 is 15.8 Å². The van der Waals surface area contributed by atoms with Crippen LogP contribution in [-0.2, 0) is 14.8 Å². The lowest BCUT2D eigenvalue weighted by Gasteiger charge is -2.14. The molecule has 1 aliphatic rings. The highest BCUT2D eigenvalue weighted by Crippen LogP contribution is 2.36. The molecule has 5 N–H and O–H groups in total. The van der Waals surface area contributed by atoms with Crippen LogP contribution in [0.4, 0.5) is 20.7 Å². The lowest BCUT2D eigenvalue weighted by atomic mass is 10.0. The number of nitrogens with two attached hydrogens (primary N) is 1. The van der Waals surface area contributed by atoms with Crippen LogP contribution in [-0.4, -0.2) is 36.9 Å². The smallest absolute Gasteiger partial charge is 0.407 e. The number of ether oxygens (including phenoxy) is 1. The molecule has 1 amide bonds. The Morgan fingerprint density at radius 1 is 1.34 bits per heavy atom. The Hall–Kier alpha value is -2.66. The molecule has 9 nitrogen and oxygen atoms in total. The van der Waals surface area contributed by atoms with Gasteiger partial charge in [-0.1, -0.05) is 0 Å². The van der Waals surface area contributed by atoms with Crippen molar-refractivity contribution in [1.29, 1.82) is 0 Å². The first-order valence-electron chi connectivity index (χ1n) is 9.23. The van der Waals surface area contributed by atoms with Crippen molar-refractivity contribution >= 4 is 27.6 Å². The summed E-state index contributed by atoms with van der Waals surface area (Å²) in [4.78, 5) is 11.4. The number of nitrogens with one attached hydrogen (secondary N) is 3. The summed E-state index contributed by atoms with van der Waals surface area (Å²) in [6, 6.07) is 5.13. The number of amides is 1. The number of anilines is 2. The number of aromatic nitrogens is 2. The highest BCUT2D eigenvalue weighted by Gasteiger charge is 2.30. The van der Waals surface area contributed by atoms with Gasteiger partial charge in [-0.15, -0.1) is 0 Å². The number of benzene rings is 1. The topological polar surface area (TPSA) is 139 Å². The molecule has 0 bridgehead atoms. The van der Waals surface area contributed by atoms with Crippen molar-refractivity contribution in [3.8, 4) is 0 Å². The Morgan fingerprint density at radius 2 is 2.10 bits per heavy atom. The van der Waals surface area contributed by atoms with E-state index in [1.165, 1.54) is 12.1 Å². The fourth-order valence-corrected chi connectivity index (χ4v) is 3.80. The number of carbonyl (C=O) groups excluding carboxylic acids is 1. The molecule has 0 aliphatic heterocycles. The monoisotopic (exact) mass is 425 g/mol. The van der Waals surface area contributed by atoms with Crippen LogP contribution in [0.25, 0.3) is 0 Å². The van der Waals surface area contributed by atoms with E-state index in [1.807, 2.05) is 13.8 Å². The number of carbonyl (C=O) groups is 1. The standard InChI is InChI=1S/C18H24FN5O4S/c1-10(2)21-18(25)28-12-4-3-11(7-12)16-9-17(24-23-16)22-15-6-5-13(8-14(15)19)29(20,26)27/h5-6,8-12H,3-4,7H2,1-2H3,(H,21,25)(H2,20,26,27)(H2,22,23,24)/t11-,12+/m1/s1. The SMILES string of the molecule is CC(C)NC(=O)O[C@H]1CC[C@@H](c2cc(Nc3ccc(S(N)(=O)=O)cc3F)n[nH]2)C1. The Balaban J connectivity index is 1.61. The summed E-state index contributed by atoms with van der Waals surface area (Å²) < 4.78 is 42.2. The van der Waals surface area contributed by atoms with E-state index in [-0.39, 0.29) is 28.6 Å². The van der Waals surface area contributed by atoms with Gasteiger partial charge >= 0.3 is 6.09 Å². The lowest BCUT2D eigenvalue weighted by Crippen LogP contribution is -2.33. The second kappa shape index (κ2) is 8.37. The first-order chi connectivity index (χ1) is 13.6. The maximum atomic E-state index is 14.2. The van der Waals surface area contributed by atoms with Crippen molar-refractivity contribution in [2.45, 2.75) is 56.1 Å². The highest BCUT2D eigenvalue weighted by atomic mass is 32.2. The summed E-state index contributed by atoms with van der Waals surface area (Å²) in [5, 5.41) is 17.6. The first kappa shape index (κ1) is 21.1. The quantitative estimate of drug-likeness (QED) is 0.561. The molecule has 1 aromatic heterocycles. The van der Waals surface area contributed by atoms with Gasteiger partial charge in [0.25, 0.3) is 0 Å². The number of sulfonamides is 1. The van der Waals surface area contributed by atoms with Crippen LogP contribution >= 0.6 is 0 Å². The van der Waals surface area contributed by atoms with Crippen LogP contribution in [0.1, 0.15) is 44.7 Å². The van der Waals surface area contributed by atoms with E-state index in [0.29, 0.717) is 12.2 Å². The molecule has 0 spiro atoms. The molecule has 2 aromatic rings. The largest absolute Gasteiger partial charge is 0.446 e. The molecule has 158 valence electrons. The van der Waals surface area contributed by atoms with Crippen molar-refractivity contribution in [3.63, 3.8) is 0 Å². The zero-order valence-corrected chi connectivity index (χ0v) is 16.9. The normalized spacial score (nSPS) is 19.3. The molecule has 0 radical (unpaired) electrons. The minimum absolute atomic E-state index is 0.0142. The maximum absolute atomic E-state index is 14.2. The average molecular weight is 425 g/mol. The third-order valence-corrected chi connectivity index (χ3v) is 5.55. The van der Waals surface area contributed by atoms with Crippen molar-refractivity contribution in [3.05, 3.63) is 35.8 Å². The summed E-state index contributed by atoms with van der Waals surface area (Å²) in [5.41, 5.74) is 0.929. The van der Waals surface area contributed by atoms with Gasteiger partial charge in [-0.05, 0) is 51.3 Å². The van der Waals surface area contributed by atoms with E-state index in [0.717, 1.165) is 24.6 Å². The second-order valence-corrected chi connectivity index (χ2v) is 8.92. The van der Waals surface area contributed by atoms with Crippen molar-refractivity contribution in [2.75, 3.05) is 5.32 Å². The summed E-state index contributed by atoms with van der Waals surface area (Å²) in [6.07, 6.45) is 1.67. The number of halogens is 1. The molecule has 1 fully saturated rings. The molecule has 11 heteroatoms. The zero-order valence-electron chi connectivity index (χ0n) is 16.1. The van der Waals surface area contributed by atoms with E-state index < -0.39 is 21.9 Å². The highest BCUT2D eigenvalue weighted by molar-refractivity contribution is 7.89. The van der Waals surface area contributed by atoms with Crippen LogP contribution in [0.2, 0.25) is 0 Å². The lowest BCUT2D eigenvalue weighted by molar-refractivity contribution is 0.0981. The summed E-state index contributed by atoms with van der Waals surface area (Å²) in [6.45, 7) is 3.73. The second-order valence-electron chi connectivity index (χ2n) is 7.36. The third-order valence-electron chi connectivity index (χ3n) is 4.63. The molecular weight excluding hydrogens is 401 g/mol. The van der Waals surface area contributed by atoms with Crippen LogP contribution in [0.5, 0.6) is 0 Å². The number of nitrogens with zero attached hydrogens (tertiary/aromatic N) is 1. The van der Waals surface area contributed by atoms with Crippen molar-refractivity contribution in [2.24, 2.45) is 5.14 Å². The first-order valence-corrected chi connectivity index (χ1v) is 10.8. The molecular formula is C18H24FN5O4S. The minimum atomic E-state index is -3.97. The van der Waals surface area contributed by atoms with Gasteiger partial charge in [-0.2, -0.15) is 5.10 Å². The number of primary sulfonamides is 1. The fourth-order valence-electron chi connectivity index (χ4n) is 3.27. The zero-order chi connectivity index (χ0) is 21.2. The summed E-state index contributed by atoms with van der Waals surface area (Å²) in [7, 11) is -3.97. The Morgan fingerprint density at radius 3 is 2.76 bits per heavy atom. The molecule has 1 aliphatic carbocycles. The number of hydrogen-bond acceptors (Lipinski definition) is 6. The van der Waals surface area contributed by atoms with Gasteiger partial charge in [0.05, 0.1) is 10.6 Å². The molecule has 1 heterocycles. The van der Waals surface area contributed by atoms with E-state index in [1.54, 1.807) is 6.07 Å². The van der Waals surface area contributed by atoms with Crippen molar-refractivity contribution < 1.29 is 22.3 Å². The van der Waals surface area contributed by atoms with Gasteiger partial charge in [0.2, 0.25) is 10.0 Å². The summed E-state index contributed by atoms with van der Waals surface area (Å²) >= 11 is 0. The van der Waals surface area contributed by atoms with Crippen molar-refractivity contribution in [1.82, 2.24) is 15.5 Å². The Labute approximate surface area is 168 Å². The predicted molar refractivity (Wildman–Crippen MR) is 105 cm³/mol. The minimum Gasteiger partial charge on any atom is -0.446 e. The number of hydrogen-bond donors (Lipinski definition) is 4. The van der Waals surface area contributed by atoms with Crippen LogP contribution in [0.3, 0.4) is 0 Å². The molecule has 2 atom stereocenters. The van der Waals surface area contributed by atoms with Gasteiger partial charge in [-0.3, -0.25) is 5.10 Å². The molecule has 1 saturated carbocycles. The average Bonchev–Trinajstić information content (AvgIpc) is 3.24. The molecule has 0 saturated heterocycles. The summed E-state index contributed by atoms with van der Waals surface area (Å²) in [5.74, 6) is -0.222. The number of alkyl carbamates (subject to hydrolysis) is 1.